The van der Waals surface area contributed by atoms with Crippen LogP contribution in [-0.4, -0.2) is 24.0 Å². The molecule has 3 rings (SSSR count). The molecule has 5 N–H and O–H groups in total. The van der Waals surface area contributed by atoms with Gasteiger partial charge < -0.3 is 11.1 Å². The number of hydrogen-bond donors (Lipinski definition) is 4. The third kappa shape index (κ3) is 2.63. The van der Waals surface area contributed by atoms with Crippen LogP contribution >= 0.6 is 0 Å². The summed E-state index contributed by atoms with van der Waals surface area (Å²) in [6.07, 6.45) is 2.50. The highest BCUT2D eigenvalue weighted by molar-refractivity contribution is 5.80. The summed E-state index contributed by atoms with van der Waals surface area (Å²) in [7, 11) is 0. The maximum atomic E-state index is 13.6. The first-order valence-corrected chi connectivity index (χ1v) is 7.35. The molecule has 116 valence electrons. The quantitative estimate of drug-likeness (QED) is 0.655. The summed E-state index contributed by atoms with van der Waals surface area (Å²) >= 11 is 0. The molecule has 7 heteroatoms. The highest BCUT2D eigenvalue weighted by atomic mass is 19.1. The molecule has 4 unspecified atom stereocenters. The summed E-state index contributed by atoms with van der Waals surface area (Å²) < 4.78 is 13.6. The molecule has 0 bridgehead atoms. The second kappa shape index (κ2) is 5.91. The van der Waals surface area contributed by atoms with Crippen LogP contribution in [0.3, 0.4) is 0 Å². The fourth-order valence-corrected chi connectivity index (χ4v) is 3.45. The molecule has 2 fully saturated rings. The lowest BCUT2D eigenvalue weighted by atomic mass is 9.79. The van der Waals surface area contributed by atoms with Crippen LogP contribution in [0.2, 0.25) is 0 Å². The van der Waals surface area contributed by atoms with Crippen LogP contribution in [0.5, 0.6) is 0 Å². The number of hydrazine groups is 1. The molecule has 1 aromatic rings. The average Bonchev–Trinajstić information content (AvgIpc) is 2.91. The van der Waals surface area contributed by atoms with E-state index in [9.17, 15) is 9.18 Å². The SMILES string of the molecule is N#Cc1c(F)cccc1NC1CCC2NNC(C(N)=O)C2C1. The molecule has 1 saturated carbocycles. The zero-order valence-corrected chi connectivity index (χ0v) is 12.0. The molecule has 0 radical (unpaired) electrons. The Labute approximate surface area is 127 Å². The number of benzene rings is 1. The zero-order chi connectivity index (χ0) is 15.7. The highest BCUT2D eigenvalue weighted by Crippen LogP contribution is 2.32. The number of anilines is 1. The fourth-order valence-electron chi connectivity index (χ4n) is 3.45. The van der Waals surface area contributed by atoms with Crippen LogP contribution in [-0.2, 0) is 4.79 Å². The monoisotopic (exact) mass is 303 g/mol. The number of carbonyl (C=O) groups is 1. The van der Waals surface area contributed by atoms with Crippen molar-refractivity contribution in [1.29, 1.82) is 5.26 Å². The van der Waals surface area contributed by atoms with Crippen molar-refractivity contribution in [2.45, 2.75) is 37.4 Å². The maximum absolute atomic E-state index is 13.6. The van der Waals surface area contributed by atoms with Crippen LogP contribution in [0.25, 0.3) is 0 Å². The predicted molar refractivity (Wildman–Crippen MR) is 78.9 cm³/mol. The Hall–Kier alpha value is -2.17. The number of primary amides is 1. The minimum atomic E-state index is -0.527. The van der Waals surface area contributed by atoms with Gasteiger partial charge in [0.25, 0.3) is 0 Å². The van der Waals surface area contributed by atoms with Crippen molar-refractivity contribution in [2.75, 3.05) is 5.32 Å². The summed E-state index contributed by atoms with van der Waals surface area (Å²) in [5.74, 6) is -0.799. The van der Waals surface area contributed by atoms with Crippen molar-refractivity contribution < 1.29 is 9.18 Å². The average molecular weight is 303 g/mol. The Bertz CT molecular complexity index is 629. The Morgan fingerprint density at radius 1 is 1.41 bits per heavy atom. The van der Waals surface area contributed by atoms with Gasteiger partial charge in [-0.2, -0.15) is 5.26 Å². The van der Waals surface area contributed by atoms with Crippen LogP contribution in [0, 0.1) is 23.1 Å². The third-order valence-electron chi connectivity index (χ3n) is 4.54. The number of rotatable bonds is 3. The summed E-state index contributed by atoms with van der Waals surface area (Å²) in [5.41, 5.74) is 12.0. The fraction of sp³-hybridized carbons (Fsp3) is 0.467. The highest BCUT2D eigenvalue weighted by Gasteiger charge is 2.42. The molecule has 22 heavy (non-hydrogen) atoms. The van der Waals surface area contributed by atoms with E-state index in [1.807, 2.05) is 6.07 Å². The van der Waals surface area contributed by atoms with Crippen LogP contribution < -0.4 is 21.9 Å². The van der Waals surface area contributed by atoms with Gasteiger partial charge in [-0.15, -0.1) is 0 Å². The summed E-state index contributed by atoms with van der Waals surface area (Å²) in [6.45, 7) is 0. The third-order valence-corrected chi connectivity index (χ3v) is 4.54. The van der Waals surface area contributed by atoms with E-state index in [1.54, 1.807) is 12.1 Å². The molecule has 0 aromatic heterocycles. The van der Waals surface area contributed by atoms with Gasteiger partial charge >= 0.3 is 0 Å². The van der Waals surface area contributed by atoms with Crippen molar-refractivity contribution in [3.63, 3.8) is 0 Å². The van der Waals surface area contributed by atoms with Crippen molar-refractivity contribution in [1.82, 2.24) is 10.9 Å². The Morgan fingerprint density at radius 3 is 2.95 bits per heavy atom. The van der Waals surface area contributed by atoms with Crippen LogP contribution in [0.1, 0.15) is 24.8 Å². The number of nitriles is 1. The van der Waals surface area contributed by atoms with E-state index in [0.717, 1.165) is 19.3 Å². The Balaban J connectivity index is 1.74. The van der Waals surface area contributed by atoms with Gasteiger partial charge in [-0.3, -0.25) is 10.2 Å². The number of carbonyl (C=O) groups excluding carboxylic acids is 1. The number of amides is 1. The van der Waals surface area contributed by atoms with Gasteiger partial charge in [0.2, 0.25) is 5.91 Å². The number of nitrogens with one attached hydrogen (secondary N) is 3. The normalized spacial score (nSPS) is 30.4. The van der Waals surface area contributed by atoms with E-state index >= 15 is 0 Å². The van der Waals surface area contributed by atoms with Crippen LogP contribution in [0.15, 0.2) is 18.2 Å². The van der Waals surface area contributed by atoms with Gasteiger partial charge in [0.1, 0.15) is 23.5 Å². The smallest absolute Gasteiger partial charge is 0.236 e. The molecular weight excluding hydrogens is 285 g/mol. The number of nitrogens with two attached hydrogens (primary N) is 1. The largest absolute Gasteiger partial charge is 0.381 e. The van der Waals surface area contributed by atoms with Gasteiger partial charge in [-0.05, 0) is 31.4 Å². The lowest BCUT2D eigenvalue weighted by molar-refractivity contribution is -0.120. The molecule has 2 aliphatic rings. The number of hydrogen-bond acceptors (Lipinski definition) is 5. The lowest BCUT2D eigenvalue weighted by Crippen LogP contribution is -2.44. The van der Waals surface area contributed by atoms with E-state index in [1.165, 1.54) is 6.07 Å². The van der Waals surface area contributed by atoms with Crippen molar-refractivity contribution >= 4 is 11.6 Å². The molecule has 1 heterocycles. The molecule has 0 spiro atoms. The second-order valence-electron chi connectivity index (χ2n) is 5.87. The van der Waals surface area contributed by atoms with E-state index in [2.05, 4.69) is 16.2 Å². The number of fused-ring (bicyclic) bond motifs is 1. The van der Waals surface area contributed by atoms with Gasteiger partial charge in [0, 0.05) is 18.0 Å². The molecule has 4 atom stereocenters. The molecule has 1 aliphatic heterocycles. The van der Waals surface area contributed by atoms with Gasteiger partial charge in [0.05, 0.1) is 5.69 Å². The summed E-state index contributed by atoms with van der Waals surface area (Å²) in [4.78, 5) is 11.5. The maximum Gasteiger partial charge on any atom is 0.236 e. The topological polar surface area (TPSA) is 103 Å². The van der Waals surface area contributed by atoms with Gasteiger partial charge in [0.15, 0.2) is 0 Å². The predicted octanol–water partition coefficient (Wildman–Crippen LogP) is 0.608. The van der Waals surface area contributed by atoms with Crippen molar-refractivity contribution in [3.05, 3.63) is 29.6 Å². The standard InChI is InChI=1S/C15H18FN5O/c16-11-2-1-3-12(10(11)7-17)19-8-4-5-13-9(6-8)14(15(18)22)21-20-13/h1-3,8-9,13-14,19-21H,4-6H2,(H2,18,22). The van der Waals surface area contributed by atoms with Crippen LogP contribution in [0.4, 0.5) is 10.1 Å². The number of halogens is 1. The molecule has 6 nitrogen and oxygen atoms in total. The van der Waals surface area contributed by atoms with E-state index < -0.39 is 11.9 Å². The minimum Gasteiger partial charge on any atom is -0.381 e. The zero-order valence-electron chi connectivity index (χ0n) is 12.0. The molecule has 1 amide bonds. The van der Waals surface area contributed by atoms with E-state index in [4.69, 9.17) is 11.0 Å². The first-order chi connectivity index (χ1) is 10.6. The van der Waals surface area contributed by atoms with Crippen molar-refractivity contribution in [3.8, 4) is 6.07 Å². The molecule has 1 aromatic carbocycles. The Kier molecular flexibility index (Phi) is 3.96. The molecular formula is C15H18FN5O. The molecule has 1 saturated heterocycles. The number of nitrogens with zero attached hydrogens (tertiary/aromatic N) is 1. The second-order valence-corrected chi connectivity index (χ2v) is 5.87. The first-order valence-electron chi connectivity index (χ1n) is 7.35. The molecule has 1 aliphatic carbocycles. The first kappa shape index (κ1) is 14.8. The van der Waals surface area contributed by atoms with E-state index in [0.29, 0.717) is 5.69 Å². The summed E-state index contributed by atoms with van der Waals surface area (Å²) in [6, 6.07) is 6.35. The van der Waals surface area contributed by atoms with Crippen molar-refractivity contribution in [2.24, 2.45) is 11.7 Å². The summed E-state index contributed by atoms with van der Waals surface area (Å²) in [5, 5.41) is 12.3. The Morgan fingerprint density at radius 2 is 2.23 bits per heavy atom. The van der Waals surface area contributed by atoms with Gasteiger partial charge in [-0.1, -0.05) is 6.07 Å². The van der Waals surface area contributed by atoms with Gasteiger partial charge in [-0.25, -0.2) is 9.82 Å². The van der Waals surface area contributed by atoms with E-state index in [-0.39, 0.29) is 29.5 Å². The minimum absolute atomic E-state index is 0.0266. The lowest BCUT2D eigenvalue weighted by Gasteiger charge is -2.33.